The van der Waals surface area contributed by atoms with Gasteiger partial charge in [0.2, 0.25) is 10.0 Å². The second kappa shape index (κ2) is 6.13. The van der Waals surface area contributed by atoms with Gasteiger partial charge in [-0.05, 0) is 38.0 Å². The summed E-state index contributed by atoms with van der Waals surface area (Å²) in [5.41, 5.74) is 8.20. The van der Waals surface area contributed by atoms with Gasteiger partial charge in [-0.1, -0.05) is 13.0 Å². The van der Waals surface area contributed by atoms with E-state index in [1.54, 1.807) is 19.1 Å². The summed E-state index contributed by atoms with van der Waals surface area (Å²) in [6, 6.07) is 4.46. The summed E-state index contributed by atoms with van der Waals surface area (Å²) >= 11 is 1.44. The van der Waals surface area contributed by atoms with E-state index < -0.39 is 10.0 Å². The van der Waals surface area contributed by atoms with Crippen LogP contribution in [-0.2, 0) is 16.4 Å². The van der Waals surface area contributed by atoms with Gasteiger partial charge in [0, 0.05) is 16.8 Å². The first-order chi connectivity index (χ1) is 9.83. The smallest absolute Gasteiger partial charge is 0.241 e. The predicted octanol–water partition coefficient (Wildman–Crippen LogP) is 2.64. The van der Waals surface area contributed by atoms with Crippen LogP contribution in [0, 0.1) is 6.92 Å². The van der Waals surface area contributed by atoms with Crippen LogP contribution in [0.25, 0.3) is 0 Å². The van der Waals surface area contributed by atoms with Crippen molar-refractivity contribution in [2.24, 2.45) is 0 Å². The molecule has 0 saturated carbocycles. The molecule has 0 aliphatic rings. The Bertz CT molecular complexity index is 738. The summed E-state index contributed by atoms with van der Waals surface area (Å²) in [5, 5.41) is 2.64. The second-order valence-corrected chi connectivity index (χ2v) is 7.49. The zero-order valence-corrected chi connectivity index (χ0v) is 13.9. The molecule has 0 bridgehead atoms. The molecule has 0 amide bonds. The summed E-state index contributed by atoms with van der Waals surface area (Å²) in [6.07, 6.45) is 0.772. The van der Waals surface area contributed by atoms with Crippen molar-refractivity contribution in [3.63, 3.8) is 0 Å². The van der Waals surface area contributed by atoms with Gasteiger partial charge in [0.25, 0.3) is 0 Å². The third-order valence-electron chi connectivity index (χ3n) is 3.15. The van der Waals surface area contributed by atoms with Crippen LogP contribution in [0.5, 0.6) is 0 Å². The van der Waals surface area contributed by atoms with Gasteiger partial charge in [-0.25, -0.2) is 18.1 Å². The van der Waals surface area contributed by atoms with E-state index in [0.29, 0.717) is 5.69 Å². The number of anilines is 1. The Labute approximate surface area is 129 Å². The van der Waals surface area contributed by atoms with Crippen LogP contribution >= 0.6 is 11.3 Å². The van der Waals surface area contributed by atoms with E-state index in [-0.39, 0.29) is 10.9 Å². The third kappa shape index (κ3) is 3.61. The highest BCUT2D eigenvalue weighted by molar-refractivity contribution is 7.89. The Morgan fingerprint density at radius 1 is 1.43 bits per heavy atom. The molecule has 1 aromatic heterocycles. The molecule has 1 atom stereocenters. The first-order valence-electron chi connectivity index (χ1n) is 6.66. The minimum absolute atomic E-state index is 0.178. The Kier molecular flexibility index (Phi) is 4.65. The minimum atomic E-state index is -3.61. The van der Waals surface area contributed by atoms with Gasteiger partial charge in [-0.3, -0.25) is 0 Å². The van der Waals surface area contributed by atoms with Crippen molar-refractivity contribution in [3.8, 4) is 0 Å². The molecule has 3 N–H and O–H groups in total. The number of aromatic nitrogens is 1. The van der Waals surface area contributed by atoms with Crippen molar-refractivity contribution in [1.82, 2.24) is 9.71 Å². The highest BCUT2D eigenvalue weighted by atomic mass is 32.2. The molecule has 1 unspecified atom stereocenters. The number of nitrogens with zero attached hydrogens (tertiary/aromatic N) is 1. The first-order valence-corrected chi connectivity index (χ1v) is 9.02. The Morgan fingerprint density at radius 2 is 2.14 bits per heavy atom. The van der Waals surface area contributed by atoms with Crippen LogP contribution in [0.2, 0.25) is 0 Å². The lowest BCUT2D eigenvalue weighted by molar-refractivity contribution is 0.566. The number of hydrogen-bond acceptors (Lipinski definition) is 5. The average molecular weight is 325 g/mol. The lowest BCUT2D eigenvalue weighted by Crippen LogP contribution is -2.27. The zero-order chi connectivity index (χ0) is 15.6. The van der Waals surface area contributed by atoms with E-state index in [1.807, 2.05) is 19.2 Å². The van der Waals surface area contributed by atoms with Gasteiger partial charge in [0.1, 0.15) is 5.01 Å². The summed E-state index contributed by atoms with van der Waals surface area (Å²) in [6.45, 7) is 5.63. The maximum absolute atomic E-state index is 12.4. The van der Waals surface area contributed by atoms with E-state index in [9.17, 15) is 8.42 Å². The normalized spacial score (nSPS) is 13.3. The molecular weight excluding hydrogens is 306 g/mol. The molecule has 0 saturated heterocycles. The zero-order valence-electron chi connectivity index (χ0n) is 12.3. The molecule has 2 aromatic rings. The van der Waals surface area contributed by atoms with Crippen molar-refractivity contribution in [2.45, 2.75) is 38.1 Å². The molecule has 114 valence electrons. The molecule has 0 aliphatic heterocycles. The predicted molar refractivity (Wildman–Crippen MR) is 85.8 cm³/mol. The Morgan fingerprint density at radius 3 is 2.67 bits per heavy atom. The molecular formula is C14H19N3O2S2. The van der Waals surface area contributed by atoms with Gasteiger partial charge < -0.3 is 5.73 Å². The van der Waals surface area contributed by atoms with E-state index >= 15 is 0 Å². The molecule has 7 heteroatoms. The number of hydrogen-bond donors (Lipinski definition) is 2. The fourth-order valence-corrected chi connectivity index (χ4v) is 4.11. The lowest BCUT2D eigenvalue weighted by atomic mass is 10.1. The van der Waals surface area contributed by atoms with Crippen LogP contribution in [0.1, 0.15) is 36.2 Å². The van der Waals surface area contributed by atoms with Crippen LogP contribution < -0.4 is 10.5 Å². The maximum atomic E-state index is 12.4. The number of aryl methyl sites for hydroxylation is 2. The monoisotopic (exact) mass is 325 g/mol. The number of nitrogens with one attached hydrogen (secondary N) is 1. The van der Waals surface area contributed by atoms with Crippen molar-refractivity contribution in [1.29, 1.82) is 0 Å². The highest BCUT2D eigenvalue weighted by Crippen LogP contribution is 2.22. The third-order valence-corrected chi connectivity index (χ3v) is 5.83. The second-order valence-electron chi connectivity index (χ2n) is 4.88. The molecule has 0 aliphatic carbocycles. The van der Waals surface area contributed by atoms with E-state index in [4.69, 9.17) is 5.73 Å². The standard InChI is InChI=1S/C14H19N3O2S2/c1-4-11-5-6-12(7-13(11)15)21(18,19)17-10(3)14-16-9(2)8-20-14/h5-8,10,17H,4,15H2,1-3H3. The molecule has 5 nitrogen and oxygen atoms in total. The van der Waals surface area contributed by atoms with Crippen LogP contribution in [-0.4, -0.2) is 13.4 Å². The van der Waals surface area contributed by atoms with E-state index in [2.05, 4.69) is 9.71 Å². The van der Waals surface area contributed by atoms with Crippen molar-refractivity contribution in [3.05, 3.63) is 39.8 Å². The number of thiazole rings is 1. The number of nitrogen functional groups attached to an aromatic ring is 1. The maximum Gasteiger partial charge on any atom is 0.241 e. The van der Waals surface area contributed by atoms with Gasteiger partial charge in [-0.2, -0.15) is 0 Å². The fraction of sp³-hybridized carbons (Fsp3) is 0.357. The van der Waals surface area contributed by atoms with E-state index in [0.717, 1.165) is 22.7 Å². The quantitative estimate of drug-likeness (QED) is 0.828. The van der Waals surface area contributed by atoms with Crippen LogP contribution in [0.3, 0.4) is 0 Å². The molecule has 0 spiro atoms. The summed E-state index contributed by atoms with van der Waals surface area (Å²) in [4.78, 5) is 4.48. The largest absolute Gasteiger partial charge is 0.398 e. The molecule has 1 heterocycles. The number of sulfonamides is 1. The molecule has 0 radical (unpaired) electrons. The first kappa shape index (κ1) is 15.9. The van der Waals surface area contributed by atoms with Crippen molar-refractivity contribution >= 4 is 27.0 Å². The SMILES string of the molecule is CCc1ccc(S(=O)(=O)NC(C)c2nc(C)cs2)cc1N. The number of benzene rings is 1. The molecule has 1 aromatic carbocycles. The lowest BCUT2D eigenvalue weighted by Gasteiger charge is -2.13. The summed E-state index contributed by atoms with van der Waals surface area (Å²) in [7, 11) is -3.61. The highest BCUT2D eigenvalue weighted by Gasteiger charge is 2.20. The topological polar surface area (TPSA) is 85.1 Å². The van der Waals surface area contributed by atoms with Crippen molar-refractivity contribution in [2.75, 3.05) is 5.73 Å². The average Bonchev–Trinajstić information content (AvgIpc) is 2.85. The van der Waals surface area contributed by atoms with E-state index in [1.165, 1.54) is 17.4 Å². The summed E-state index contributed by atoms with van der Waals surface area (Å²) in [5.74, 6) is 0. The number of rotatable bonds is 5. The fourth-order valence-electron chi connectivity index (χ4n) is 1.98. The van der Waals surface area contributed by atoms with Gasteiger partial charge in [0.05, 0.1) is 10.9 Å². The summed E-state index contributed by atoms with van der Waals surface area (Å²) < 4.78 is 27.4. The molecule has 0 fully saturated rings. The van der Waals surface area contributed by atoms with Gasteiger partial charge >= 0.3 is 0 Å². The van der Waals surface area contributed by atoms with Gasteiger partial charge in [-0.15, -0.1) is 11.3 Å². The minimum Gasteiger partial charge on any atom is -0.398 e. The van der Waals surface area contributed by atoms with Crippen LogP contribution in [0.4, 0.5) is 5.69 Å². The number of nitrogens with two attached hydrogens (primary N) is 1. The Balaban J connectivity index is 2.24. The molecule has 2 rings (SSSR count). The Hall–Kier alpha value is -1.44. The van der Waals surface area contributed by atoms with Crippen molar-refractivity contribution < 1.29 is 8.42 Å². The molecule has 21 heavy (non-hydrogen) atoms. The van der Waals surface area contributed by atoms with Gasteiger partial charge in [0.15, 0.2) is 0 Å². The van der Waals surface area contributed by atoms with Crippen LogP contribution in [0.15, 0.2) is 28.5 Å².